The maximum Gasteiger partial charge on any atom is 0.245 e. The van der Waals surface area contributed by atoms with Crippen LogP contribution in [0.4, 0.5) is 4.39 Å². The summed E-state index contributed by atoms with van der Waals surface area (Å²) in [6.07, 6.45) is 2.27. The number of amides is 1. The Bertz CT molecular complexity index is 1350. The van der Waals surface area contributed by atoms with Crippen LogP contribution < -0.4 is 10.5 Å². The van der Waals surface area contributed by atoms with E-state index in [-0.39, 0.29) is 5.82 Å². The molecule has 4 aromatic rings. The molecule has 0 unspecified atom stereocenters. The van der Waals surface area contributed by atoms with Gasteiger partial charge >= 0.3 is 0 Å². The summed E-state index contributed by atoms with van der Waals surface area (Å²) in [6, 6.07) is 17.9. The van der Waals surface area contributed by atoms with Gasteiger partial charge in [0.1, 0.15) is 18.2 Å². The fourth-order valence-corrected chi connectivity index (χ4v) is 4.16. The first-order chi connectivity index (χ1) is 15.1. The molecule has 1 aliphatic rings. The van der Waals surface area contributed by atoms with Crippen LogP contribution in [0.25, 0.3) is 22.2 Å². The lowest BCUT2D eigenvalue weighted by Crippen LogP contribution is -2.16. The lowest BCUT2D eigenvalue weighted by atomic mass is 9.88. The molecule has 31 heavy (non-hydrogen) atoms. The molecule has 1 aromatic heterocycles. The van der Waals surface area contributed by atoms with Crippen LogP contribution in [0, 0.1) is 5.82 Å². The lowest BCUT2D eigenvalue weighted by molar-refractivity contribution is -0.114. The largest absolute Gasteiger partial charge is 0.488 e. The Morgan fingerprint density at radius 3 is 2.65 bits per heavy atom. The Morgan fingerprint density at radius 2 is 1.90 bits per heavy atom. The molecular formula is C25H20FN3O2. The van der Waals surface area contributed by atoms with Crippen LogP contribution in [-0.4, -0.2) is 15.7 Å². The average Bonchev–Trinajstić information content (AvgIpc) is 3.11. The summed E-state index contributed by atoms with van der Waals surface area (Å²) in [5.41, 5.74) is 11.4. The van der Waals surface area contributed by atoms with Crippen LogP contribution in [0.2, 0.25) is 0 Å². The van der Waals surface area contributed by atoms with E-state index < -0.39 is 5.91 Å². The molecule has 2 N–H and O–H groups in total. The van der Waals surface area contributed by atoms with Gasteiger partial charge in [-0.15, -0.1) is 0 Å². The molecule has 6 heteroatoms. The van der Waals surface area contributed by atoms with Crippen molar-refractivity contribution in [1.29, 1.82) is 0 Å². The van der Waals surface area contributed by atoms with E-state index in [0.29, 0.717) is 24.4 Å². The fraction of sp³-hybridized carbons (Fsp3) is 0.120. The van der Waals surface area contributed by atoms with Crippen LogP contribution in [0.1, 0.15) is 30.0 Å². The topological polar surface area (TPSA) is 70.1 Å². The van der Waals surface area contributed by atoms with Gasteiger partial charge in [0, 0.05) is 22.1 Å². The molecule has 3 aromatic carbocycles. The molecule has 0 fully saturated rings. The van der Waals surface area contributed by atoms with Crippen LogP contribution in [0.15, 0.2) is 72.4 Å². The number of primary amides is 1. The van der Waals surface area contributed by atoms with Crippen molar-refractivity contribution in [3.63, 3.8) is 0 Å². The van der Waals surface area contributed by atoms with Gasteiger partial charge in [0.2, 0.25) is 5.91 Å². The van der Waals surface area contributed by atoms with Gasteiger partial charge in [0.25, 0.3) is 0 Å². The third-order valence-corrected chi connectivity index (χ3v) is 5.63. The molecule has 0 saturated carbocycles. The summed E-state index contributed by atoms with van der Waals surface area (Å²) < 4.78 is 21.2. The van der Waals surface area contributed by atoms with E-state index >= 15 is 0 Å². The van der Waals surface area contributed by atoms with Crippen molar-refractivity contribution < 1.29 is 13.9 Å². The fourth-order valence-electron chi connectivity index (χ4n) is 4.16. The molecule has 154 valence electrons. The van der Waals surface area contributed by atoms with Gasteiger partial charge in [0.15, 0.2) is 0 Å². The first kappa shape index (κ1) is 19.1. The summed E-state index contributed by atoms with van der Waals surface area (Å²) >= 11 is 0. The highest BCUT2D eigenvalue weighted by Crippen LogP contribution is 2.40. The number of rotatable bonds is 3. The first-order valence-corrected chi connectivity index (χ1v) is 10.1. The summed E-state index contributed by atoms with van der Waals surface area (Å²) in [5, 5.41) is 5.41. The van der Waals surface area contributed by atoms with Gasteiger partial charge in [-0.05, 0) is 60.0 Å². The number of halogens is 1. The van der Waals surface area contributed by atoms with Crippen molar-refractivity contribution >= 4 is 22.4 Å². The Labute approximate surface area is 178 Å². The maximum atomic E-state index is 13.4. The number of carbonyl (C=O) groups excluding carboxylic acids is 1. The summed E-state index contributed by atoms with van der Waals surface area (Å²) in [7, 11) is 0. The van der Waals surface area contributed by atoms with Gasteiger partial charge < -0.3 is 10.5 Å². The number of benzene rings is 3. The molecule has 5 rings (SSSR count). The number of para-hydroxylation sites is 1. The molecule has 5 nitrogen and oxygen atoms in total. The quantitative estimate of drug-likeness (QED) is 0.493. The van der Waals surface area contributed by atoms with Crippen molar-refractivity contribution in [2.45, 2.75) is 20.0 Å². The zero-order chi connectivity index (χ0) is 21.5. The van der Waals surface area contributed by atoms with E-state index in [1.165, 1.54) is 12.1 Å². The Kier molecular flexibility index (Phi) is 4.55. The van der Waals surface area contributed by atoms with Crippen molar-refractivity contribution in [2.75, 3.05) is 0 Å². The molecular weight excluding hydrogens is 393 g/mol. The smallest absolute Gasteiger partial charge is 0.245 e. The van der Waals surface area contributed by atoms with Crippen LogP contribution in [0.5, 0.6) is 5.75 Å². The number of ether oxygens (including phenoxy) is 1. The van der Waals surface area contributed by atoms with Gasteiger partial charge in [0.05, 0.1) is 17.4 Å². The van der Waals surface area contributed by atoms with Crippen LogP contribution >= 0.6 is 0 Å². The zero-order valence-corrected chi connectivity index (χ0v) is 16.9. The normalized spacial score (nSPS) is 14.4. The first-order valence-electron chi connectivity index (χ1n) is 10.1. The SMILES string of the molecule is CC/C(C(N)=O)=C1\c2cc3cnn(-c4ccc(F)cc4)c3cc2COc2ccccc21. The Hall–Kier alpha value is -3.93. The average molecular weight is 413 g/mol. The minimum atomic E-state index is -0.442. The number of nitrogens with two attached hydrogens (primary N) is 1. The second kappa shape index (κ2) is 7.40. The summed E-state index contributed by atoms with van der Waals surface area (Å²) in [6.45, 7) is 2.27. The molecule has 1 aliphatic heterocycles. The zero-order valence-electron chi connectivity index (χ0n) is 16.9. The predicted molar refractivity (Wildman–Crippen MR) is 117 cm³/mol. The highest BCUT2D eigenvalue weighted by Gasteiger charge is 2.25. The Morgan fingerprint density at radius 1 is 1.13 bits per heavy atom. The molecule has 0 saturated heterocycles. The third kappa shape index (κ3) is 3.17. The lowest BCUT2D eigenvalue weighted by Gasteiger charge is -2.15. The third-order valence-electron chi connectivity index (χ3n) is 5.63. The number of hydrogen-bond donors (Lipinski definition) is 1. The Balaban J connectivity index is 1.78. The van der Waals surface area contributed by atoms with E-state index in [2.05, 4.69) is 5.10 Å². The van der Waals surface area contributed by atoms with Crippen molar-refractivity contribution in [3.8, 4) is 11.4 Å². The standard InChI is InChI=1S/C25H20FN3O2/c1-2-19(25(27)30)24-20-5-3-4-6-23(20)31-14-16-12-22-15(11-21(16)24)13-28-29(22)18-9-7-17(26)8-10-18/h3-13H,2,14H2,1H3,(H2,27,30)/b24-19+. The maximum absolute atomic E-state index is 13.4. The highest BCUT2D eigenvalue weighted by atomic mass is 19.1. The number of nitrogens with zero attached hydrogens (tertiary/aromatic N) is 2. The van der Waals surface area contributed by atoms with Crippen molar-refractivity contribution in [1.82, 2.24) is 9.78 Å². The van der Waals surface area contributed by atoms with E-state index in [0.717, 1.165) is 38.9 Å². The number of carbonyl (C=O) groups is 1. The molecule has 0 radical (unpaired) electrons. The summed E-state index contributed by atoms with van der Waals surface area (Å²) in [5.74, 6) is -0.0269. The monoisotopic (exact) mass is 413 g/mol. The second-order valence-corrected chi connectivity index (χ2v) is 7.46. The molecule has 0 atom stereocenters. The van der Waals surface area contributed by atoms with Gasteiger partial charge in [-0.2, -0.15) is 5.10 Å². The van der Waals surface area contributed by atoms with E-state index in [1.54, 1.807) is 23.0 Å². The summed E-state index contributed by atoms with van der Waals surface area (Å²) in [4.78, 5) is 12.3. The van der Waals surface area contributed by atoms with Gasteiger partial charge in [-0.3, -0.25) is 4.79 Å². The van der Waals surface area contributed by atoms with E-state index in [9.17, 15) is 9.18 Å². The second-order valence-electron chi connectivity index (χ2n) is 7.46. The number of fused-ring (bicyclic) bond motifs is 3. The van der Waals surface area contributed by atoms with E-state index in [1.807, 2.05) is 43.3 Å². The molecule has 0 bridgehead atoms. The van der Waals surface area contributed by atoms with Crippen LogP contribution in [0.3, 0.4) is 0 Å². The van der Waals surface area contributed by atoms with Crippen molar-refractivity contribution in [3.05, 3.63) is 94.9 Å². The number of hydrogen-bond acceptors (Lipinski definition) is 3. The minimum absolute atomic E-state index is 0.298. The van der Waals surface area contributed by atoms with Gasteiger partial charge in [-0.25, -0.2) is 9.07 Å². The highest BCUT2D eigenvalue weighted by molar-refractivity contribution is 6.06. The van der Waals surface area contributed by atoms with E-state index in [4.69, 9.17) is 10.5 Å². The van der Waals surface area contributed by atoms with Crippen molar-refractivity contribution in [2.24, 2.45) is 5.73 Å². The molecule has 0 aliphatic carbocycles. The molecule has 2 heterocycles. The van der Waals surface area contributed by atoms with Crippen LogP contribution in [-0.2, 0) is 11.4 Å². The predicted octanol–water partition coefficient (Wildman–Crippen LogP) is 4.75. The minimum Gasteiger partial charge on any atom is -0.488 e. The molecule has 0 spiro atoms. The molecule has 1 amide bonds. The number of aromatic nitrogens is 2. The van der Waals surface area contributed by atoms with Gasteiger partial charge in [-0.1, -0.05) is 25.1 Å².